The standard InChI is InChI=1S/C11H15NO2/c1-11(13,7-12)9-3-2-8-4-5-14-10(8)6-9/h2-3,6,13H,4-5,7,12H2,1H3. The Balaban J connectivity index is 2.38. The Bertz CT molecular complexity index is 347. The molecule has 0 saturated carbocycles. The number of aliphatic hydroxyl groups is 1. The zero-order chi connectivity index (χ0) is 10.2. The molecule has 1 heterocycles. The lowest BCUT2D eigenvalue weighted by Crippen LogP contribution is -2.31. The van der Waals surface area contributed by atoms with Crippen molar-refractivity contribution in [1.82, 2.24) is 0 Å². The van der Waals surface area contributed by atoms with Crippen LogP contribution < -0.4 is 10.5 Å². The molecular formula is C11H15NO2. The highest BCUT2D eigenvalue weighted by atomic mass is 16.5. The summed E-state index contributed by atoms with van der Waals surface area (Å²) in [4.78, 5) is 0. The molecule has 0 saturated heterocycles. The summed E-state index contributed by atoms with van der Waals surface area (Å²) in [6.45, 7) is 2.67. The number of hydrogen-bond acceptors (Lipinski definition) is 3. The highest BCUT2D eigenvalue weighted by Crippen LogP contribution is 2.30. The average molecular weight is 193 g/mol. The summed E-state index contributed by atoms with van der Waals surface area (Å²) in [7, 11) is 0. The molecular weight excluding hydrogens is 178 g/mol. The normalized spacial score (nSPS) is 18.5. The predicted molar refractivity (Wildman–Crippen MR) is 54.3 cm³/mol. The third-order valence-electron chi connectivity index (χ3n) is 2.72. The van der Waals surface area contributed by atoms with Crippen molar-refractivity contribution in [3.8, 4) is 5.75 Å². The van der Waals surface area contributed by atoms with E-state index in [0.717, 1.165) is 24.3 Å². The molecule has 2 rings (SSSR count). The van der Waals surface area contributed by atoms with Crippen LogP contribution in [-0.4, -0.2) is 18.3 Å². The summed E-state index contributed by atoms with van der Waals surface area (Å²) < 4.78 is 5.43. The molecule has 1 unspecified atom stereocenters. The third kappa shape index (κ3) is 1.49. The molecule has 3 N–H and O–H groups in total. The Hall–Kier alpha value is -1.06. The van der Waals surface area contributed by atoms with Gasteiger partial charge in [0.25, 0.3) is 0 Å². The van der Waals surface area contributed by atoms with Crippen LogP contribution in [0.2, 0.25) is 0 Å². The SMILES string of the molecule is CC(O)(CN)c1ccc2c(c1)OCC2. The molecule has 0 bridgehead atoms. The second-order valence-corrected chi connectivity index (χ2v) is 3.90. The molecule has 3 heteroatoms. The summed E-state index contributed by atoms with van der Waals surface area (Å²) in [5.74, 6) is 0.885. The second-order valence-electron chi connectivity index (χ2n) is 3.90. The molecule has 0 spiro atoms. The van der Waals surface area contributed by atoms with Gasteiger partial charge in [0.05, 0.1) is 12.2 Å². The molecule has 76 valence electrons. The molecule has 3 nitrogen and oxygen atoms in total. The fraction of sp³-hybridized carbons (Fsp3) is 0.455. The lowest BCUT2D eigenvalue weighted by atomic mass is 9.95. The number of nitrogens with two attached hydrogens (primary N) is 1. The van der Waals surface area contributed by atoms with Crippen molar-refractivity contribution in [2.75, 3.05) is 13.2 Å². The van der Waals surface area contributed by atoms with Crippen LogP contribution >= 0.6 is 0 Å². The van der Waals surface area contributed by atoms with Crippen molar-refractivity contribution < 1.29 is 9.84 Å². The van der Waals surface area contributed by atoms with Crippen LogP contribution in [0.4, 0.5) is 0 Å². The minimum atomic E-state index is -0.957. The molecule has 1 aromatic carbocycles. The Morgan fingerprint density at radius 3 is 3.07 bits per heavy atom. The Morgan fingerprint density at radius 1 is 1.57 bits per heavy atom. The van der Waals surface area contributed by atoms with Crippen LogP contribution in [0.15, 0.2) is 18.2 Å². The summed E-state index contributed by atoms with van der Waals surface area (Å²) in [5.41, 5.74) is 6.57. The van der Waals surface area contributed by atoms with Crippen molar-refractivity contribution >= 4 is 0 Å². The van der Waals surface area contributed by atoms with E-state index in [-0.39, 0.29) is 6.54 Å². The van der Waals surface area contributed by atoms with Crippen LogP contribution in [0.25, 0.3) is 0 Å². The van der Waals surface area contributed by atoms with Crippen molar-refractivity contribution in [3.05, 3.63) is 29.3 Å². The molecule has 1 aromatic rings. The van der Waals surface area contributed by atoms with E-state index in [9.17, 15) is 5.11 Å². The van der Waals surface area contributed by atoms with Gasteiger partial charge in [-0.05, 0) is 24.1 Å². The maximum atomic E-state index is 9.95. The zero-order valence-electron chi connectivity index (χ0n) is 8.29. The van der Waals surface area contributed by atoms with Gasteiger partial charge in [-0.2, -0.15) is 0 Å². The van der Waals surface area contributed by atoms with Gasteiger partial charge in [0.1, 0.15) is 5.75 Å². The first-order chi connectivity index (χ1) is 6.63. The molecule has 0 aromatic heterocycles. The summed E-state index contributed by atoms with van der Waals surface area (Å²) in [6, 6.07) is 5.80. The quantitative estimate of drug-likeness (QED) is 0.730. The Morgan fingerprint density at radius 2 is 2.36 bits per heavy atom. The van der Waals surface area contributed by atoms with Crippen LogP contribution in [0.5, 0.6) is 5.75 Å². The predicted octanol–water partition coefficient (Wildman–Crippen LogP) is 0.788. The zero-order valence-corrected chi connectivity index (χ0v) is 8.29. The van der Waals surface area contributed by atoms with Crippen LogP contribution in [0.1, 0.15) is 18.1 Å². The first-order valence-electron chi connectivity index (χ1n) is 4.82. The van der Waals surface area contributed by atoms with E-state index in [1.165, 1.54) is 5.56 Å². The molecule has 0 fully saturated rings. The van der Waals surface area contributed by atoms with E-state index >= 15 is 0 Å². The second kappa shape index (κ2) is 3.26. The number of hydrogen-bond donors (Lipinski definition) is 2. The summed E-state index contributed by atoms with van der Waals surface area (Å²) in [5, 5.41) is 9.95. The molecule has 0 amide bonds. The first-order valence-corrected chi connectivity index (χ1v) is 4.82. The smallest absolute Gasteiger partial charge is 0.123 e. The van der Waals surface area contributed by atoms with Gasteiger partial charge < -0.3 is 15.6 Å². The van der Waals surface area contributed by atoms with Crippen LogP contribution in [0, 0.1) is 0 Å². The van der Waals surface area contributed by atoms with E-state index in [1.807, 2.05) is 18.2 Å². The molecule has 0 radical (unpaired) electrons. The van der Waals surface area contributed by atoms with Crippen molar-refractivity contribution in [3.63, 3.8) is 0 Å². The monoisotopic (exact) mass is 193 g/mol. The molecule has 14 heavy (non-hydrogen) atoms. The van der Waals surface area contributed by atoms with Gasteiger partial charge in [-0.1, -0.05) is 12.1 Å². The topological polar surface area (TPSA) is 55.5 Å². The van der Waals surface area contributed by atoms with Gasteiger partial charge in [0.2, 0.25) is 0 Å². The van der Waals surface area contributed by atoms with Crippen LogP contribution in [0.3, 0.4) is 0 Å². The van der Waals surface area contributed by atoms with Gasteiger partial charge >= 0.3 is 0 Å². The van der Waals surface area contributed by atoms with E-state index < -0.39 is 5.60 Å². The minimum Gasteiger partial charge on any atom is -0.493 e. The fourth-order valence-electron chi connectivity index (χ4n) is 1.62. The molecule has 1 aliphatic heterocycles. The van der Waals surface area contributed by atoms with Gasteiger partial charge in [-0.3, -0.25) is 0 Å². The van der Waals surface area contributed by atoms with Crippen molar-refractivity contribution in [2.45, 2.75) is 18.9 Å². The van der Waals surface area contributed by atoms with Gasteiger partial charge in [-0.15, -0.1) is 0 Å². The number of fused-ring (bicyclic) bond motifs is 1. The average Bonchev–Trinajstić information content (AvgIpc) is 2.64. The Labute approximate surface area is 83.5 Å². The van der Waals surface area contributed by atoms with Crippen molar-refractivity contribution in [1.29, 1.82) is 0 Å². The third-order valence-corrected chi connectivity index (χ3v) is 2.72. The number of ether oxygens (including phenoxy) is 1. The maximum Gasteiger partial charge on any atom is 0.123 e. The van der Waals surface area contributed by atoms with Gasteiger partial charge in [0.15, 0.2) is 0 Å². The maximum absolute atomic E-state index is 9.95. The van der Waals surface area contributed by atoms with Crippen molar-refractivity contribution in [2.24, 2.45) is 5.73 Å². The largest absolute Gasteiger partial charge is 0.493 e. The van der Waals surface area contributed by atoms with Gasteiger partial charge in [0, 0.05) is 13.0 Å². The molecule has 1 aliphatic rings. The number of rotatable bonds is 2. The number of benzene rings is 1. The van der Waals surface area contributed by atoms with E-state index in [0.29, 0.717) is 0 Å². The Kier molecular flexibility index (Phi) is 2.21. The fourth-order valence-corrected chi connectivity index (χ4v) is 1.62. The lowest BCUT2D eigenvalue weighted by Gasteiger charge is -2.21. The molecule has 1 atom stereocenters. The van der Waals surface area contributed by atoms with Gasteiger partial charge in [-0.25, -0.2) is 0 Å². The first kappa shape index (κ1) is 9.49. The van der Waals surface area contributed by atoms with Crippen LogP contribution in [-0.2, 0) is 12.0 Å². The van der Waals surface area contributed by atoms with E-state index in [4.69, 9.17) is 10.5 Å². The summed E-state index contributed by atoms with van der Waals surface area (Å²) in [6.07, 6.45) is 0.959. The van der Waals surface area contributed by atoms with E-state index in [1.54, 1.807) is 6.92 Å². The lowest BCUT2D eigenvalue weighted by molar-refractivity contribution is 0.0666. The highest BCUT2D eigenvalue weighted by molar-refractivity contribution is 5.41. The highest BCUT2D eigenvalue weighted by Gasteiger charge is 2.23. The summed E-state index contributed by atoms with van der Waals surface area (Å²) >= 11 is 0. The van der Waals surface area contributed by atoms with E-state index in [2.05, 4.69) is 0 Å². The molecule has 0 aliphatic carbocycles. The minimum absolute atomic E-state index is 0.214.